The molecule has 0 unspecified atom stereocenters. The van der Waals surface area contributed by atoms with Crippen molar-refractivity contribution in [3.8, 4) is 17.2 Å². The van der Waals surface area contributed by atoms with Crippen LogP contribution in [0.4, 0.5) is 4.39 Å². The van der Waals surface area contributed by atoms with Gasteiger partial charge in [-0.25, -0.2) is 4.39 Å². The van der Waals surface area contributed by atoms with Crippen molar-refractivity contribution in [3.63, 3.8) is 0 Å². The Morgan fingerprint density at radius 3 is 2.61 bits per heavy atom. The van der Waals surface area contributed by atoms with Crippen molar-refractivity contribution in [2.24, 2.45) is 0 Å². The first-order chi connectivity index (χ1) is 17.4. The van der Waals surface area contributed by atoms with Crippen LogP contribution < -0.4 is 9.47 Å². The van der Waals surface area contributed by atoms with Crippen LogP contribution in [0, 0.1) is 22.9 Å². The maximum atomic E-state index is 13.5. The summed E-state index contributed by atoms with van der Waals surface area (Å²) in [5.74, 6) is 0.854. The molecular weight excluding hydrogens is 507 g/mol. The topological polar surface area (TPSA) is 92.3 Å². The third-order valence-corrected chi connectivity index (χ3v) is 6.73. The van der Waals surface area contributed by atoms with Gasteiger partial charge >= 0.3 is 0 Å². The van der Waals surface area contributed by atoms with Gasteiger partial charge in [-0.2, -0.15) is 0 Å². The Bertz CT molecular complexity index is 1370. The van der Waals surface area contributed by atoms with E-state index < -0.39 is 5.25 Å². The van der Waals surface area contributed by atoms with Crippen LogP contribution in [0.5, 0.6) is 11.5 Å². The summed E-state index contributed by atoms with van der Waals surface area (Å²) in [6, 6.07) is 18.8. The predicted octanol–water partition coefficient (Wildman–Crippen LogP) is 6.07. The molecule has 0 radical (unpaired) electrons. The fourth-order valence-electron chi connectivity index (χ4n) is 3.61. The second-order valence-electron chi connectivity index (χ2n) is 7.78. The van der Waals surface area contributed by atoms with Gasteiger partial charge in [0.25, 0.3) is 0 Å². The van der Waals surface area contributed by atoms with Crippen LogP contribution in [0.15, 0.2) is 71.9 Å². The van der Waals surface area contributed by atoms with Crippen LogP contribution in [-0.2, 0) is 6.61 Å². The first-order valence-corrected chi connectivity index (χ1v) is 12.1. The van der Waals surface area contributed by atoms with Crippen molar-refractivity contribution in [3.05, 3.63) is 105 Å². The minimum atomic E-state index is -0.644. The molecule has 3 aromatic carbocycles. The molecule has 36 heavy (non-hydrogen) atoms. The monoisotopic (exact) mass is 528 g/mol. The Morgan fingerprint density at radius 2 is 1.92 bits per heavy atom. The number of rotatable bonds is 10. The van der Waals surface area contributed by atoms with Gasteiger partial charge in [-0.1, -0.05) is 53.7 Å². The number of hydrogen-bond donors (Lipinski definition) is 0. The Kier molecular flexibility index (Phi) is 8.07. The van der Waals surface area contributed by atoms with Gasteiger partial charge in [0.1, 0.15) is 23.5 Å². The average Bonchev–Trinajstić information content (AvgIpc) is 3.22. The zero-order valence-electron chi connectivity index (χ0n) is 19.4. The van der Waals surface area contributed by atoms with Crippen molar-refractivity contribution >= 4 is 23.4 Å². The summed E-state index contributed by atoms with van der Waals surface area (Å²) < 4.78 is 26.7. The van der Waals surface area contributed by atoms with Crippen LogP contribution in [0.2, 0.25) is 5.02 Å². The zero-order chi connectivity index (χ0) is 25.7. The Labute approximate surface area is 216 Å². The van der Waals surface area contributed by atoms with Gasteiger partial charge in [0, 0.05) is 10.6 Å². The van der Waals surface area contributed by atoms with Crippen LogP contribution >= 0.6 is 23.4 Å². The molecule has 1 atom stereocenters. The molecule has 0 aliphatic heterocycles. The molecule has 0 spiro atoms. The van der Waals surface area contributed by atoms with Crippen molar-refractivity contribution in [1.82, 2.24) is 14.8 Å². The molecule has 1 aromatic heterocycles. The summed E-state index contributed by atoms with van der Waals surface area (Å²) in [5, 5.41) is 20.1. The molecule has 4 aromatic rings. The van der Waals surface area contributed by atoms with Crippen molar-refractivity contribution in [1.29, 1.82) is 0 Å². The Balaban J connectivity index is 1.65. The highest BCUT2D eigenvalue weighted by molar-refractivity contribution is 7.99. The fourth-order valence-corrected chi connectivity index (χ4v) is 5.04. The van der Waals surface area contributed by atoms with Crippen molar-refractivity contribution in [2.75, 3.05) is 13.7 Å². The highest BCUT2D eigenvalue weighted by Crippen LogP contribution is 2.43. The van der Waals surface area contributed by atoms with E-state index in [2.05, 4.69) is 10.2 Å². The number of aromatic nitrogens is 3. The van der Waals surface area contributed by atoms with Gasteiger partial charge in [-0.15, -0.1) is 10.2 Å². The van der Waals surface area contributed by atoms with E-state index in [0.29, 0.717) is 27.9 Å². The number of methoxy groups -OCH3 is 1. The Morgan fingerprint density at radius 1 is 1.14 bits per heavy atom. The average molecular weight is 529 g/mol. The summed E-state index contributed by atoms with van der Waals surface area (Å²) in [4.78, 5) is 11.2. The van der Waals surface area contributed by atoms with Gasteiger partial charge in [0.2, 0.25) is 6.54 Å². The molecule has 186 valence electrons. The van der Waals surface area contributed by atoms with E-state index in [1.807, 2.05) is 41.8 Å². The highest BCUT2D eigenvalue weighted by atomic mass is 35.5. The van der Waals surface area contributed by atoms with Crippen LogP contribution in [-0.4, -0.2) is 33.3 Å². The van der Waals surface area contributed by atoms with Crippen molar-refractivity contribution in [2.45, 2.75) is 23.9 Å². The standard InChI is InChI=1S/C25H22ClFN4O4S/c1-16-28-29-25(31(16)20-9-4-3-5-10-20)36-23(14-30(32)33)18-12-21(26)24(22(13-18)34-2)35-15-17-7-6-8-19(27)11-17/h3-13,23H,14-15H2,1-2H3/t23-/m0/s1. The number of para-hydroxylation sites is 1. The molecule has 0 aliphatic carbocycles. The second-order valence-corrected chi connectivity index (χ2v) is 9.35. The van der Waals surface area contributed by atoms with Gasteiger partial charge in [0.05, 0.1) is 12.1 Å². The maximum absolute atomic E-state index is 13.5. The highest BCUT2D eigenvalue weighted by Gasteiger charge is 2.26. The van der Waals surface area contributed by atoms with Gasteiger partial charge in [0.15, 0.2) is 16.7 Å². The lowest BCUT2D eigenvalue weighted by Crippen LogP contribution is -2.12. The SMILES string of the molecule is COc1cc([C@H](C[N+](=O)[O-])Sc2nnc(C)n2-c2ccccc2)cc(Cl)c1OCc1cccc(F)c1. The number of hydrogen-bond acceptors (Lipinski definition) is 7. The third-order valence-electron chi connectivity index (χ3n) is 5.27. The number of nitrogens with zero attached hydrogens (tertiary/aromatic N) is 4. The molecule has 0 bridgehead atoms. The van der Waals surface area contributed by atoms with E-state index in [4.69, 9.17) is 21.1 Å². The van der Waals surface area contributed by atoms with E-state index in [0.717, 1.165) is 5.69 Å². The minimum Gasteiger partial charge on any atom is -0.493 e. The predicted molar refractivity (Wildman–Crippen MR) is 135 cm³/mol. The molecule has 0 amide bonds. The third kappa shape index (κ3) is 5.95. The molecule has 0 fully saturated rings. The lowest BCUT2D eigenvalue weighted by molar-refractivity contribution is -0.479. The summed E-state index contributed by atoms with van der Waals surface area (Å²) >= 11 is 7.74. The maximum Gasteiger partial charge on any atom is 0.220 e. The normalized spacial score (nSPS) is 11.8. The molecule has 0 saturated carbocycles. The summed E-state index contributed by atoms with van der Waals surface area (Å²) in [6.45, 7) is 1.51. The number of nitro groups is 1. The van der Waals surface area contributed by atoms with E-state index in [-0.39, 0.29) is 34.7 Å². The van der Waals surface area contributed by atoms with Gasteiger partial charge in [-0.05, 0) is 54.4 Å². The van der Waals surface area contributed by atoms with E-state index in [1.165, 1.54) is 31.0 Å². The van der Waals surface area contributed by atoms with Crippen LogP contribution in [0.25, 0.3) is 5.69 Å². The largest absolute Gasteiger partial charge is 0.493 e. The summed E-state index contributed by atoms with van der Waals surface area (Å²) in [6.07, 6.45) is 0. The smallest absolute Gasteiger partial charge is 0.220 e. The summed E-state index contributed by atoms with van der Waals surface area (Å²) in [5.41, 5.74) is 2.03. The number of ether oxygens (including phenoxy) is 2. The van der Waals surface area contributed by atoms with E-state index in [1.54, 1.807) is 24.3 Å². The first kappa shape index (κ1) is 25.5. The first-order valence-electron chi connectivity index (χ1n) is 10.9. The number of benzene rings is 3. The molecule has 4 rings (SSSR count). The van der Waals surface area contributed by atoms with Crippen molar-refractivity contribution < 1.29 is 18.8 Å². The second kappa shape index (κ2) is 11.4. The lowest BCUT2D eigenvalue weighted by atomic mass is 10.1. The number of aryl methyl sites for hydroxylation is 1. The van der Waals surface area contributed by atoms with Crippen LogP contribution in [0.1, 0.15) is 22.2 Å². The molecule has 11 heteroatoms. The van der Waals surface area contributed by atoms with E-state index >= 15 is 0 Å². The van der Waals surface area contributed by atoms with Crippen LogP contribution in [0.3, 0.4) is 0 Å². The quantitative estimate of drug-likeness (QED) is 0.140. The fraction of sp³-hybridized carbons (Fsp3) is 0.200. The molecular formula is C25H22ClFN4O4S. The summed E-state index contributed by atoms with van der Waals surface area (Å²) in [7, 11) is 1.45. The Hall–Kier alpha value is -3.63. The molecule has 1 heterocycles. The molecule has 0 aliphatic rings. The molecule has 0 N–H and O–H groups in total. The molecule has 0 saturated heterocycles. The molecule has 8 nitrogen and oxygen atoms in total. The van der Waals surface area contributed by atoms with E-state index in [9.17, 15) is 14.5 Å². The number of thioether (sulfide) groups is 1. The van der Waals surface area contributed by atoms with Gasteiger partial charge < -0.3 is 9.47 Å². The zero-order valence-corrected chi connectivity index (χ0v) is 21.0. The van der Waals surface area contributed by atoms with Gasteiger partial charge in [-0.3, -0.25) is 14.7 Å². The number of halogens is 2. The lowest BCUT2D eigenvalue weighted by Gasteiger charge is -2.18. The minimum absolute atomic E-state index is 0.0692.